The highest BCUT2D eigenvalue weighted by atomic mass is 79.9. The number of hydrogen-bond donors (Lipinski definition) is 3. The van der Waals surface area contributed by atoms with Gasteiger partial charge in [0.2, 0.25) is 0 Å². The van der Waals surface area contributed by atoms with Crippen LogP contribution < -0.4 is 5.32 Å². The lowest BCUT2D eigenvalue weighted by Crippen LogP contribution is -2.43. The number of carbonyl (C=O) groups is 1. The summed E-state index contributed by atoms with van der Waals surface area (Å²) in [5.41, 5.74) is -1.26. The van der Waals surface area contributed by atoms with Gasteiger partial charge in [-0.25, -0.2) is 4.39 Å². The van der Waals surface area contributed by atoms with Crippen molar-refractivity contribution in [3.05, 3.63) is 34.1 Å². The minimum absolute atomic E-state index is 0.120. The molecule has 1 amide bonds. The van der Waals surface area contributed by atoms with Gasteiger partial charge in [0.05, 0.1) is 12.2 Å². The van der Waals surface area contributed by atoms with Crippen molar-refractivity contribution in [1.82, 2.24) is 5.32 Å². The van der Waals surface area contributed by atoms with Gasteiger partial charge in [0.25, 0.3) is 5.91 Å². The molecule has 17 heavy (non-hydrogen) atoms. The minimum Gasteiger partial charge on any atom is -0.393 e. The van der Waals surface area contributed by atoms with Crippen molar-refractivity contribution in [2.24, 2.45) is 0 Å². The normalized spacial score (nSPS) is 14.2. The minimum atomic E-state index is -1.39. The van der Waals surface area contributed by atoms with Gasteiger partial charge in [-0.05, 0) is 41.1 Å². The van der Waals surface area contributed by atoms with Gasteiger partial charge in [-0.15, -0.1) is 0 Å². The van der Waals surface area contributed by atoms with Gasteiger partial charge in [-0.2, -0.15) is 0 Å². The van der Waals surface area contributed by atoms with Crippen LogP contribution >= 0.6 is 15.9 Å². The van der Waals surface area contributed by atoms with E-state index in [4.69, 9.17) is 5.11 Å². The van der Waals surface area contributed by atoms with E-state index >= 15 is 0 Å². The molecule has 0 saturated heterocycles. The third-order valence-corrected chi connectivity index (χ3v) is 2.83. The summed E-state index contributed by atoms with van der Waals surface area (Å²) in [6, 6.07) is 3.74. The van der Waals surface area contributed by atoms with E-state index in [0.717, 1.165) is 6.07 Å². The molecule has 0 aliphatic heterocycles. The lowest BCUT2D eigenvalue weighted by Gasteiger charge is -2.20. The Morgan fingerprint density at radius 3 is 2.82 bits per heavy atom. The largest absolute Gasteiger partial charge is 0.393 e. The number of halogens is 2. The van der Waals surface area contributed by atoms with E-state index in [-0.39, 0.29) is 12.1 Å². The highest BCUT2D eigenvalue weighted by molar-refractivity contribution is 9.10. The number of benzene rings is 1. The van der Waals surface area contributed by atoms with Gasteiger partial charge < -0.3 is 15.5 Å². The van der Waals surface area contributed by atoms with E-state index in [1.54, 1.807) is 0 Å². The molecule has 6 heteroatoms. The second-order valence-corrected chi connectivity index (χ2v) is 4.82. The molecule has 1 unspecified atom stereocenters. The van der Waals surface area contributed by atoms with Crippen LogP contribution in [0.3, 0.4) is 0 Å². The van der Waals surface area contributed by atoms with E-state index in [9.17, 15) is 14.3 Å². The first-order valence-corrected chi connectivity index (χ1v) is 5.71. The first-order chi connectivity index (χ1) is 7.85. The maximum atomic E-state index is 13.0. The second-order valence-electron chi connectivity index (χ2n) is 3.96. The molecule has 4 nitrogen and oxygen atoms in total. The maximum absolute atomic E-state index is 13.0. The number of aliphatic hydroxyl groups is 2. The maximum Gasteiger partial charge on any atom is 0.252 e. The Morgan fingerprint density at radius 1 is 1.59 bits per heavy atom. The molecule has 0 aromatic heterocycles. The third-order valence-electron chi connectivity index (χ3n) is 2.14. The third kappa shape index (κ3) is 4.07. The fourth-order valence-electron chi connectivity index (χ4n) is 1.09. The summed E-state index contributed by atoms with van der Waals surface area (Å²) in [4.78, 5) is 11.7. The van der Waals surface area contributed by atoms with Crippen LogP contribution in [-0.4, -0.2) is 34.9 Å². The van der Waals surface area contributed by atoms with Crippen molar-refractivity contribution in [3.8, 4) is 0 Å². The summed E-state index contributed by atoms with van der Waals surface area (Å²) in [7, 11) is 0. The van der Waals surface area contributed by atoms with Crippen LogP contribution in [0.25, 0.3) is 0 Å². The molecule has 0 aliphatic rings. The SMILES string of the molecule is CC(O)(CO)CNC(=O)c1cc(F)ccc1Br. The van der Waals surface area contributed by atoms with E-state index in [1.807, 2.05) is 0 Å². The lowest BCUT2D eigenvalue weighted by atomic mass is 10.1. The Balaban J connectivity index is 2.74. The highest BCUT2D eigenvalue weighted by Crippen LogP contribution is 2.17. The molecule has 1 rings (SSSR count). The van der Waals surface area contributed by atoms with Crippen molar-refractivity contribution >= 4 is 21.8 Å². The topological polar surface area (TPSA) is 69.6 Å². The highest BCUT2D eigenvalue weighted by Gasteiger charge is 2.21. The zero-order valence-electron chi connectivity index (χ0n) is 9.20. The Kier molecular flexibility index (Phi) is 4.62. The number of amides is 1. The first kappa shape index (κ1) is 14.1. The molecule has 0 fully saturated rings. The van der Waals surface area contributed by atoms with Crippen molar-refractivity contribution in [2.45, 2.75) is 12.5 Å². The van der Waals surface area contributed by atoms with Crippen LogP contribution in [0.4, 0.5) is 4.39 Å². The van der Waals surface area contributed by atoms with Crippen LogP contribution in [0.2, 0.25) is 0 Å². The molecular weight excluding hydrogens is 293 g/mol. The zero-order chi connectivity index (χ0) is 13.1. The molecule has 0 heterocycles. The van der Waals surface area contributed by atoms with E-state index < -0.39 is 23.9 Å². The summed E-state index contributed by atoms with van der Waals surface area (Å²) < 4.78 is 13.4. The Bertz CT molecular complexity index is 423. The molecule has 1 aromatic rings. The van der Waals surface area contributed by atoms with Gasteiger partial charge >= 0.3 is 0 Å². The fourth-order valence-corrected chi connectivity index (χ4v) is 1.52. The predicted molar refractivity (Wildman–Crippen MR) is 64.1 cm³/mol. The number of hydrogen-bond acceptors (Lipinski definition) is 3. The molecule has 0 saturated carbocycles. The van der Waals surface area contributed by atoms with Crippen LogP contribution in [0.15, 0.2) is 22.7 Å². The summed E-state index contributed by atoms with van der Waals surface area (Å²) in [6.07, 6.45) is 0. The molecule has 0 bridgehead atoms. The number of aliphatic hydroxyl groups excluding tert-OH is 1. The molecule has 0 aliphatic carbocycles. The Morgan fingerprint density at radius 2 is 2.24 bits per heavy atom. The Hall–Kier alpha value is -0.980. The van der Waals surface area contributed by atoms with Gasteiger partial charge in [0, 0.05) is 11.0 Å². The van der Waals surface area contributed by atoms with E-state index in [0.29, 0.717) is 4.47 Å². The lowest BCUT2D eigenvalue weighted by molar-refractivity contribution is 0.00319. The van der Waals surface area contributed by atoms with Crippen LogP contribution in [0.1, 0.15) is 17.3 Å². The predicted octanol–water partition coefficient (Wildman–Crippen LogP) is 1.06. The number of nitrogens with one attached hydrogen (secondary N) is 1. The molecule has 94 valence electrons. The van der Waals surface area contributed by atoms with Gasteiger partial charge in [0.1, 0.15) is 11.4 Å². The fraction of sp³-hybridized carbons (Fsp3) is 0.364. The van der Waals surface area contributed by atoms with Crippen molar-refractivity contribution in [3.63, 3.8) is 0 Å². The van der Waals surface area contributed by atoms with Gasteiger partial charge in [0.15, 0.2) is 0 Å². The molecule has 0 spiro atoms. The van der Waals surface area contributed by atoms with Gasteiger partial charge in [-0.3, -0.25) is 4.79 Å². The molecule has 1 atom stereocenters. The molecule has 3 N–H and O–H groups in total. The van der Waals surface area contributed by atoms with Crippen LogP contribution in [-0.2, 0) is 0 Å². The molecular formula is C11H13BrFNO3. The van der Waals surface area contributed by atoms with E-state index in [2.05, 4.69) is 21.2 Å². The standard InChI is InChI=1S/C11H13BrFNO3/c1-11(17,6-15)5-14-10(16)8-4-7(13)2-3-9(8)12/h2-4,15,17H,5-6H2,1H3,(H,14,16). The Labute approximate surface area is 107 Å². The summed E-state index contributed by atoms with van der Waals surface area (Å²) in [5.74, 6) is -1.04. The zero-order valence-corrected chi connectivity index (χ0v) is 10.8. The van der Waals surface area contributed by atoms with Crippen molar-refractivity contribution < 1.29 is 19.4 Å². The van der Waals surface area contributed by atoms with Crippen LogP contribution in [0.5, 0.6) is 0 Å². The summed E-state index contributed by atoms with van der Waals surface area (Å²) >= 11 is 3.13. The summed E-state index contributed by atoms with van der Waals surface area (Å²) in [6.45, 7) is 0.788. The monoisotopic (exact) mass is 305 g/mol. The molecule has 0 radical (unpaired) electrons. The number of rotatable bonds is 4. The quantitative estimate of drug-likeness (QED) is 0.779. The number of carbonyl (C=O) groups excluding carboxylic acids is 1. The second kappa shape index (κ2) is 5.57. The smallest absolute Gasteiger partial charge is 0.252 e. The summed E-state index contributed by atoms with van der Waals surface area (Å²) in [5, 5.41) is 20.7. The average Bonchev–Trinajstić information content (AvgIpc) is 2.29. The van der Waals surface area contributed by atoms with Crippen molar-refractivity contribution in [1.29, 1.82) is 0 Å². The average molecular weight is 306 g/mol. The van der Waals surface area contributed by atoms with Gasteiger partial charge in [-0.1, -0.05) is 0 Å². The first-order valence-electron chi connectivity index (χ1n) is 4.92. The van der Waals surface area contributed by atoms with Crippen molar-refractivity contribution in [2.75, 3.05) is 13.2 Å². The molecule has 1 aromatic carbocycles. The van der Waals surface area contributed by atoms with Crippen LogP contribution in [0, 0.1) is 5.82 Å². The van der Waals surface area contributed by atoms with E-state index in [1.165, 1.54) is 19.1 Å².